The molecule has 0 aromatic carbocycles. The van der Waals surface area contributed by atoms with Gasteiger partial charge in [0.05, 0.1) is 33.8 Å². The highest BCUT2D eigenvalue weighted by Gasteiger charge is 2.30. The number of carbonyl (C=O) groups is 2. The maximum absolute atomic E-state index is 13.5. The third kappa shape index (κ3) is 51.4. The molecule has 0 aliphatic carbocycles. The van der Waals surface area contributed by atoms with Gasteiger partial charge < -0.3 is 19.4 Å². The van der Waals surface area contributed by atoms with Crippen molar-refractivity contribution in [3.05, 3.63) is 109 Å². The second-order valence-corrected chi connectivity index (χ2v) is 21.3. The molecule has 3 atom stereocenters. The third-order valence-corrected chi connectivity index (χ3v) is 12.8. The van der Waals surface area contributed by atoms with Crippen LogP contribution in [0.5, 0.6) is 0 Å². The molecule has 0 bridgehead atoms. The normalized spacial score (nSPS) is 14.6. The van der Waals surface area contributed by atoms with E-state index in [9.17, 15) is 19.0 Å². The van der Waals surface area contributed by atoms with E-state index in [4.69, 9.17) is 13.8 Å². The van der Waals surface area contributed by atoms with Gasteiger partial charge in [-0.05, 0) is 83.1 Å². The molecule has 0 aliphatic rings. The van der Waals surface area contributed by atoms with E-state index in [1.54, 1.807) is 0 Å². The number of rotatable bonds is 49. The Morgan fingerprint density at radius 1 is 0.521 bits per heavy atom. The lowest BCUT2D eigenvalue weighted by molar-refractivity contribution is -0.870. The van der Waals surface area contributed by atoms with Crippen molar-refractivity contribution in [3.8, 4) is 0 Å². The summed E-state index contributed by atoms with van der Waals surface area (Å²) in [6.07, 6.45) is 67.9. The van der Waals surface area contributed by atoms with Crippen molar-refractivity contribution in [1.82, 2.24) is 5.32 Å². The average molecular weight is 1010 g/mol. The lowest BCUT2D eigenvalue weighted by atomic mass is 10.1. The lowest BCUT2D eigenvalue weighted by Crippen LogP contribution is -2.47. The van der Waals surface area contributed by atoms with Crippen molar-refractivity contribution in [3.63, 3.8) is 0 Å². The number of nitrogens with one attached hydrogen (secondary N) is 1. The van der Waals surface area contributed by atoms with Crippen LogP contribution in [0.1, 0.15) is 213 Å². The Morgan fingerprint density at radius 2 is 0.958 bits per heavy atom. The lowest BCUT2D eigenvalue weighted by Gasteiger charge is -2.27. The Balaban J connectivity index is 5.44. The van der Waals surface area contributed by atoms with Gasteiger partial charge in [-0.15, -0.1) is 0 Å². The predicted molar refractivity (Wildman–Crippen MR) is 304 cm³/mol. The summed E-state index contributed by atoms with van der Waals surface area (Å²) in [4.78, 5) is 37.5. The second-order valence-electron chi connectivity index (χ2n) is 19.9. The number of allylic oxidation sites excluding steroid dienone is 17. The van der Waals surface area contributed by atoms with E-state index in [2.05, 4.69) is 62.5 Å². The highest BCUT2D eigenvalue weighted by molar-refractivity contribution is 7.47. The number of ether oxygens (including phenoxy) is 1. The number of hydrogen-bond acceptors (Lipinski definition) is 6. The first-order chi connectivity index (χ1) is 34.4. The summed E-state index contributed by atoms with van der Waals surface area (Å²) < 4.78 is 30.5. The largest absolute Gasteiger partial charge is 0.472 e. The number of carbonyl (C=O) groups excluding carboxylic acids is 2. The summed E-state index contributed by atoms with van der Waals surface area (Å²) in [5, 5.41) is 3.01. The summed E-state index contributed by atoms with van der Waals surface area (Å²) in [7, 11) is 1.44. The monoisotopic (exact) mass is 1010 g/mol. The number of esters is 1. The van der Waals surface area contributed by atoms with Crippen LogP contribution in [0, 0.1) is 0 Å². The van der Waals surface area contributed by atoms with Crippen LogP contribution in [0.25, 0.3) is 0 Å². The van der Waals surface area contributed by atoms with Gasteiger partial charge in [0, 0.05) is 12.8 Å². The minimum absolute atomic E-state index is 0.0236. The number of amides is 1. The van der Waals surface area contributed by atoms with Gasteiger partial charge in [-0.25, -0.2) is 4.57 Å². The molecular formula is C61H106N2O7P+. The zero-order valence-corrected chi connectivity index (χ0v) is 47.1. The number of hydrogen-bond donors (Lipinski definition) is 2. The maximum atomic E-state index is 13.5. The smallest absolute Gasteiger partial charge is 0.456 e. The van der Waals surface area contributed by atoms with Gasteiger partial charge in [0.1, 0.15) is 19.3 Å². The molecule has 0 radical (unpaired) electrons. The van der Waals surface area contributed by atoms with Crippen LogP contribution in [-0.4, -0.2) is 74.3 Å². The van der Waals surface area contributed by atoms with Crippen molar-refractivity contribution in [2.75, 3.05) is 40.9 Å². The number of phosphoric ester groups is 1. The second kappa shape index (κ2) is 50.2. The summed E-state index contributed by atoms with van der Waals surface area (Å²) in [5.74, 6) is -0.575. The molecule has 406 valence electrons. The zero-order chi connectivity index (χ0) is 52.2. The van der Waals surface area contributed by atoms with Gasteiger partial charge in [0.2, 0.25) is 5.91 Å². The molecular weight excluding hydrogens is 904 g/mol. The first-order valence-corrected chi connectivity index (χ1v) is 29.8. The molecule has 0 saturated carbocycles. The molecule has 10 heteroatoms. The molecule has 1 amide bonds. The fraction of sp³-hybridized carbons (Fsp3) is 0.672. The van der Waals surface area contributed by atoms with E-state index in [1.165, 1.54) is 89.9 Å². The van der Waals surface area contributed by atoms with Crippen molar-refractivity contribution < 1.29 is 37.3 Å². The van der Waals surface area contributed by atoms with E-state index in [0.717, 1.165) is 83.5 Å². The van der Waals surface area contributed by atoms with Gasteiger partial charge in [0.15, 0.2) is 0 Å². The summed E-state index contributed by atoms with van der Waals surface area (Å²) >= 11 is 0. The van der Waals surface area contributed by atoms with E-state index >= 15 is 0 Å². The number of unbranched alkanes of at least 4 members (excludes halogenated alkanes) is 22. The quantitative estimate of drug-likeness (QED) is 0.0156. The molecule has 0 aliphatic heterocycles. The Labute approximate surface area is 436 Å². The molecule has 0 heterocycles. The van der Waals surface area contributed by atoms with Crippen molar-refractivity contribution in [2.24, 2.45) is 0 Å². The van der Waals surface area contributed by atoms with E-state index in [1.807, 2.05) is 94.1 Å². The predicted octanol–water partition coefficient (Wildman–Crippen LogP) is 17.0. The zero-order valence-electron chi connectivity index (χ0n) is 46.2. The highest BCUT2D eigenvalue weighted by Crippen LogP contribution is 2.43. The maximum Gasteiger partial charge on any atom is 0.472 e. The van der Waals surface area contributed by atoms with Crippen molar-refractivity contribution >= 4 is 19.7 Å². The van der Waals surface area contributed by atoms with E-state index in [0.29, 0.717) is 17.4 Å². The SMILES string of the molecule is CC\C=C/C=C/C=C/C=C\C=C\C=C\CCCCCC(=O)NC(COP(=O)(O)OCC[N+](C)(C)C)C(/C=C/CCCCCCCCCCC)OC(=O)CCCCCCCCC/C=C\C/C=C\CCCCC. The molecule has 0 aromatic heterocycles. The molecule has 0 spiro atoms. The molecule has 9 nitrogen and oxygen atoms in total. The topological polar surface area (TPSA) is 111 Å². The Bertz CT molecular complexity index is 1580. The third-order valence-electron chi connectivity index (χ3n) is 11.9. The first kappa shape index (κ1) is 67.7. The number of likely N-dealkylation sites (N-methyl/N-ethyl adjacent to an activating group) is 1. The minimum atomic E-state index is -4.46. The molecule has 0 saturated heterocycles. The van der Waals surface area contributed by atoms with Crippen molar-refractivity contribution in [2.45, 2.75) is 226 Å². The molecule has 3 unspecified atom stereocenters. The van der Waals surface area contributed by atoms with Crippen LogP contribution in [0.2, 0.25) is 0 Å². The van der Waals surface area contributed by atoms with E-state index in [-0.39, 0.29) is 37.9 Å². The van der Waals surface area contributed by atoms with Gasteiger partial charge >= 0.3 is 13.8 Å². The fourth-order valence-electron chi connectivity index (χ4n) is 7.47. The highest BCUT2D eigenvalue weighted by atomic mass is 31.2. The summed E-state index contributed by atoms with van der Waals surface area (Å²) in [6.45, 7) is 6.77. The van der Waals surface area contributed by atoms with Crippen LogP contribution in [0.3, 0.4) is 0 Å². The standard InChI is InChI=1S/C61H105N2O7P/c1-7-10-13-16-19-22-25-27-29-31-33-35-38-41-44-47-50-53-60(64)62-58(57-69-71(66,67)68-56-55-63(4,5)6)59(52-49-46-43-40-37-24-21-18-15-12-9-3)70-61(65)54-51-48-45-42-39-36-34-32-30-28-26-23-20-17-14-11-8-2/h10,13,16,19-20,22-23,25,27-31,33,35,38,49,52,58-59H,7-9,11-12,14-15,17-18,21,24,26,32,34,36-37,39-48,50-51,53-57H2,1-6H3,(H-,62,64,66,67)/p+1/b13-10-,19-16+,23-20-,25-22+,29-27-,30-28-,33-31+,38-35+,52-49+. The van der Waals surface area contributed by atoms with Crippen LogP contribution in [0.4, 0.5) is 0 Å². The van der Waals surface area contributed by atoms with Crippen LogP contribution < -0.4 is 5.32 Å². The number of phosphoric acid groups is 1. The Hall–Kier alpha value is -3.33. The average Bonchev–Trinajstić information content (AvgIpc) is 3.33. The van der Waals surface area contributed by atoms with Crippen LogP contribution >= 0.6 is 7.82 Å². The number of quaternary nitrogens is 1. The minimum Gasteiger partial charge on any atom is -0.456 e. The molecule has 0 fully saturated rings. The summed E-state index contributed by atoms with van der Waals surface area (Å²) in [6, 6.07) is -0.881. The van der Waals surface area contributed by atoms with Gasteiger partial charge in [-0.2, -0.15) is 0 Å². The Morgan fingerprint density at radius 3 is 1.51 bits per heavy atom. The first-order valence-electron chi connectivity index (χ1n) is 28.3. The fourth-order valence-corrected chi connectivity index (χ4v) is 8.21. The van der Waals surface area contributed by atoms with E-state index < -0.39 is 20.0 Å². The number of nitrogens with zero attached hydrogens (tertiary/aromatic N) is 1. The molecule has 71 heavy (non-hydrogen) atoms. The molecule has 0 aromatic rings. The van der Waals surface area contributed by atoms with Crippen LogP contribution in [-0.2, 0) is 27.9 Å². The summed E-state index contributed by atoms with van der Waals surface area (Å²) in [5.41, 5.74) is 0. The van der Waals surface area contributed by atoms with Gasteiger partial charge in [-0.3, -0.25) is 18.6 Å². The van der Waals surface area contributed by atoms with Crippen molar-refractivity contribution in [1.29, 1.82) is 0 Å². The van der Waals surface area contributed by atoms with Gasteiger partial charge in [-0.1, -0.05) is 227 Å². The van der Waals surface area contributed by atoms with Gasteiger partial charge in [0.25, 0.3) is 0 Å². The van der Waals surface area contributed by atoms with Crippen LogP contribution in [0.15, 0.2) is 109 Å². The molecule has 2 N–H and O–H groups in total. The Kier molecular flexibility index (Phi) is 47.9. The molecule has 0 rings (SSSR count).